The van der Waals surface area contributed by atoms with E-state index in [1.807, 2.05) is 4.90 Å². The molecule has 0 unspecified atom stereocenters. The van der Waals surface area contributed by atoms with Gasteiger partial charge in [0.2, 0.25) is 5.91 Å². The van der Waals surface area contributed by atoms with Gasteiger partial charge in [0, 0.05) is 44.8 Å². The highest BCUT2D eigenvalue weighted by atomic mass is 16.5. The smallest absolute Gasteiger partial charge is 0.248 e. The van der Waals surface area contributed by atoms with E-state index in [0.29, 0.717) is 6.61 Å². The number of likely N-dealkylation sites (tertiary alicyclic amines) is 1. The van der Waals surface area contributed by atoms with Gasteiger partial charge in [0.1, 0.15) is 6.61 Å². The van der Waals surface area contributed by atoms with Crippen LogP contribution in [-0.2, 0) is 21.5 Å². The molecule has 1 aromatic rings. The molecule has 0 atom stereocenters. The molecule has 0 N–H and O–H groups in total. The van der Waals surface area contributed by atoms with Gasteiger partial charge in [-0.05, 0) is 37.4 Å². The number of likely N-dealkylation sites (N-methyl/N-ethyl adjacent to an activating group) is 1. The number of benzene rings is 1. The zero-order chi connectivity index (χ0) is 17.3. The molecule has 0 aromatic heterocycles. The van der Waals surface area contributed by atoms with Crippen molar-refractivity contribution in [3.8, 4) is 0 Å². The Labute approximate surface area is 150 Å². The fourth-order valence-electron chi connectivity index (χ4n) is 4.75. The summed E-state index contributed by atoms with van der Waals surface area (Å²) in [5.74, 6) is 0.140. The molecule has 3 aliphatic heterocycles. The average molecular weight is 343 g/mol. The van der Waals surface area contributed by atoms with Crippen molar-refractivity contribution in [2.45, 2.75) is 24.8 Å². The summed E-state index contributed by atoms with van der Waals surface area (Å²) in [6, 6.07) is 9.01. The maximum Gasteiger partial charge on any atom is 0.248 e. The highest BCUT2D eigenvalue weighted by molar-refractivity contribution is 5.77. The van der Waals surface area contributed by atoms with Crippen molar-refractivity contribution in [2.75, 3.05) is 59.5 Å². The van der Waals surface area contributed by atoms with Crippen LogP contribution >= 0.6 is 0 Å². The lowest BCUT2D eigenvalue weighted by Gasteiger charge is -2.51. The first kappa shape index (κ1) is 17.0. The first-order chi connectivity index (χ1) is 12.2. The summed E-state index contributed by atoms with van der Waals surface area (Å²) >= 11 is 0. The van der Waals surface area contributed by atoms with E-state index in [2.05, 4.69) is 41.1 Å². The van der Waals surface area contributed by atoms with Gasteiger partial charge in [-0.1, -0.05) is 24.3 Å². The molecule has 5 heteroatoms. The molecule has 3 aliphatic rings. The Morgan fingerprint density at radius 1 is 1.08 bits per heavy atom. The maximum atomic E-state index is 11.9. The number of rotatable bonds is 3. The molecule has 3 heterocycles. The van der Waals surface area contributed by atoms with Gasteiger partial charge in [0.25, 0.3) is 0 Å². The molecular formula is C20H29N3O2. The molecular weight excluding hydrogens is 314 g/mol. The molecule has 5 nitrogen and oxygen atoms in total. The lowest BCUT2D eigenvalue weighted by molar-refractivity contribution is -0.142. The molecule has 1 amide bonds. The number of morpholine rings is 1. The van der Waals surface area contributed by atoms with Crippen molar-refractivity contribution in [1.82, 2.24) is 14.7 Å². The van der Waals surface area contributed by atoms with Crippen molar-refractivity contribution < 1.29 is 9.53 Å². The Bertz CT molecular complexity index is 625. The van der Waals surface area contributed by atoms with Crippen LogP contribution in [0.2, 0.25) is 0 Å². The van der Waals surface area contributed by atoms with Crippen LogP contribution in [-0.4, -0.2) is 80.1 Å². The monoisotopic (exact) mass is 343 g/mol. The molecule has 2 fully saturated rings. The molecule has 136 valence electrons. The van der Waals surface area contributed by atoms with Crippen LogP contribution in [0.25, 0.3) is 0 Å². The lowest BCUT2D eigenvalue weighted by Crippen LogP contribution is -2.55. The van der Waals surface area contributed by atoms with E-state index in [-0.39, 0.29) is 18.1 Å². The molecule has 1 aromatic carbocycles. The maximum absolute atomic E-state index is 11.9. The van der Waals surface area contributed by atoms with Gasteiger partial charge in [-0.3, -0.25) is 9.69 Å². The molecule has 1 spiro atoms. The summed E-state index contributed by atoms with van der Waals surface area (Å²) < 4.78 is 5.21. The van der Waals surface area contributed by atoms with Gasteiger partial charge in [-0.15, -0.1) is 0 Å². The number of fused-ring (bicyclic) bond motifs is 2. The van der Waals surface area contributed by atoms with Gasteiger partial charge >= 0.3 is 0 Å². The number of amides is 1. The van der Waals surface area contributed by atoms with Gasteiger partial charge < -0.3 is 14.5 Å². The largest absolute Gasteiger partial charge is 0.370 e. The third-order valence-corrected chi connectivity index (χ3v) is 6.42. The van der Waals surface area contributed by atoms with Crippen LogP contribution in [0.3, 0.4) is 0 Å². The first-order valence-corrected chi connectivity index (χ1v) is 9.56. The zero-order valence-corrected chi connectivity index (χ0v) is 15.2. The van der Waals surface area contributed by atoms with E-state index in [1.54, 1.807) is 5.56 Å². The summed E-state index contributed by atoms with van der Waals surface area (Å²) in [4.78, 5) is 18.9. The number of hydrogen-bond donors (Lipinski definition) is 0. The second-order valence-electron chi connectivity index (χ2n) is 7.64. The predicted molar refractivity (Wildman–Crippen MR) is 97.5 cm³/mol. The van der Waals surface area contributed by atoms with E-state index < -0.39 is 0 Å². The highest BCUT2D eigenvalue weighted by Crippen LogP contribution is 2.42. The molecule has 2 saturated heterocycles. The minimum absolute atomic E-state index is 0.140. The standard InChI is InChI=1S/C20H29N3O2/c1-21-9-6-17-4-2-3-5-18(17)20(21)7-10-22(11-8-20)12-13-23-14-15-25-16-19(23)24/h2-5H,6-16H2,1H3. The van der Waals surface area contributed by atoms with E-state index in [1.165, 1.54) is 18.4 Å². The Morgan fingerprint density at radius 2 is 1.88 bits per heavy atom. The predicted octanol–water partition coefficient (Wildman–Crippen LogP) is 1.32. The average Bonchev–Trinajstić information content (AvgIpc) is 2.66. The van der Waals surface area contributed by atoms with Crippen molar-refractivity contribution in [2.24, 2.45) is 0 Å². The molecule has 25 heavy (non-hydrogen) atoms. The quantitative estimate of drug-likeness (QED) is 0.829. The zero-order valence-electron chi connectivity index (χ0n) is 15.2. The van der Waals surface area contributed by atoms with Crippen molar-refractivity contribution >= 4 is 5.91 Å². The Kier molecular flexibility index (Phi) is 4.80. The van der Waals surface area contributed by atoms with E-state index >= 15 is 0 Å². The highest BCUT2D eigenvalue weighted by Gasteiger charge is 2.42. The summed E-state index contributed by atoms with van der Waals surface area (Å²) in [7, 11) is 2.29. The number of carbonyl (C=O) groups is 1. The fraction of sp³-hybridized carbons (Fsp3) is 0.650. The van der Waals surface area contributed by atoms with Gasteiger partial charge in [-0.25, -0.2) is 0 Å². The van der Waals surface area contributed by atoms with Crippen LogP contribution in [0.5, 0.6) is 0 Å². The SMILES string of the molecule is CN1CCc2ccccc2C12CCN(CCN1CCOCC1=O)CC2. The lowest BCUT2D eigenvalue weighted by atomic mass is 9.74. The normalized spacial score (nSPS) is 24.5. The van der Waals surface area contributed by atoms with Gasteiger partial charge in [0.15, 0.2) is 0 Å². The summed E-state index contributed by atoms with van der Waals surface area (Å²) in [5.41, 5.74) is 3.29. The molecule has 0 saturated carbocycles. The van der Waals surface area contributed by atoms with Crippen molar-refractivity contribution in [3.05, 3.63) is 35.4 Å². The van der Waals surface area contributed by atoms with Crippen molar-refractivity contribution in [1.29, 1.82) is 0 Å². The summed E-state index contributed by atoms with van der Waals surface area (Å²) in [6.07, 6.45) is 3.52. The third-order valence-electron chi connectivity index (χ3n) is 6.42. The summed E-state index contributed by atoms with van der Waals surface area (Å²) in [6.45, 7) is 6.86. The minimum Gasteiger partial charge on any atom is -0.370 e. The van der Waals surface area contributed by atoms with E-state index in [0.717, 1.165) is 45.7 Å². The Balaban J connectivity index is 1.39. The summed E-state index contributed by atoms with van der Waals surface area (Å²) in [5, 5.41) is 0. The van der Waals surface area contributed by atoms with Gasteiger partial charge in [-0.2, -0.15) is 0 Å². The minimum atomic E-state index is 0.140. The van der Waals surface area contributed by atoms with Crippen LogP contribution in [0.1, 0.15) is 24.0 Å². The van der Waals surface area contributed by atoms with Crippen molar-refractivity contribution in [3.63, 3.8) is 0 Å². The molecule has 0 bridgehead atoms. The second-order valence-corrected chi connectivity index (χ2v) is 7.64. The van der Waals surface area contributed by atoms with Crippen LogP contribution < -0.4 is 0 Å². The fourth-order valence-corrected chi connectivity index (χ4v) is 4.75. The number of carbonyl (C=O) groups excluding carboxylic acids is 1. The van der Waals surface area contributed by atoms with Crippen LogP contribution in [0.15, 0.2) is 24.3 Å². The second kappa shape index (κ2) is 7.06. The number of hydrogen-bond acceptors (Lipinski definition) is 4. The van der Waals surface area contributed by atoms with Crippen LogP contribution in [0.4, 0.5) is 0 Å². The van der Waals surface area contributed by atoms with E-state index in [4.69, 9.17) is 4.74 Å². The first-order valence-electron chi connectivity index (χ1n) is 9.56. The number of nitrogens with zero attached hydrogens (tertiary/aromatic N) is 3. The third kappa shape index (κ3) is 3.21. The number of ether oxygens (including phenoxy) is 1. The number of piperidine rings is 1. The van der Waals surface area contributed by atoms with Crippen LogP contribution in [0, 0.1) is 0 Å². The molecule has 0 aliphatic carbocycles. The topological polar surface area (TPSA) is 36.0 Å². The molecule has 4 rings (SSSR count). The molecule has 0 radical (unpaired) electrons. The Morgan fingerprint density at radius 3 is 2.68 bits per heavy atom. The van der Waals surface area contributed by atoms with Gasteiger partial charge in [0.05, 0.1) is 6.61 Å². The Hall–Kier alpha value is -1.43. The van der Waals surface area contributed by atoms with E-state index in [9.17, 15) is 4.79 Å².